The molecule has 0 rings (SSSR count). The van der Waals surface area contributed by atoms with Crippen LogP contribution in [0.3, 0.4) is 0 Å². The molecule has 0 aliphatic heterocycles. The van der Waals surface area contributed by atoms with Crippen molar-refractivity contribution in [3.63, 3.8) is 0 Å². The molecule has 3 atom stereocenters. The summed E-state index contributed by atoms with van der Waals surface area (Å²) in [5.74, 6) is -0.192. The van der Waals surface area contributed by atoms with Gasteiger partial charge in [-0.25, -0.2) is 4.57 Å². The maximum Gasteiger partial charge on any atom is 0.472 e. The number of hydrogen-bond acceptors (Lipinski definition) is 5. The third-order valence-corrected chi connectivity index (χ3v) is 16.9. The molecular formula is C77H140N2O6P+. The minimum atomic E-state index is -4.37. The average molecular weight is 1220 g/mol. The smallest absolute Gasteiger partial charge is 0.387 e. The molecule has 0 aliphatic carbocycles. The SMILES string of the molecule is CC/C=C\C/C=C\C/C=C\C/C=C\C/C=C\C/C=C\CCCCCCCCCCCCCCCCC(=O)NC(COP(=O)(O)OCC[N+](C)(C)C)C(O)/C=C/CC/C=C/CC/C=C/CCCCCCCCCCCCCCCCCCCCCCC. The summed E-state index contributed by atoms with van der Waals surface area (Å²) in [5.41, 5.74) is 0. The molecule has 498 valence electrons. The first-order valence-electron chi connectivity index (χ1n) is 36.3. The van der Waals surface area contributed by atoms with Crippen molar-refractivity contribution in [3.05, 3.63) is 109 Å². The Balaban J connectivity index is 4.13. The predicted molar refractivity (Wildman–Crippen MR) is 378 cm³/mol. The summed E-state index contributed by atoms with van der Waals surface area (Å²) >= 11 is 0. The van der Waals surface area contributed by atoms with E-state index in [1.165, 1.54) is 218 Å². The van der Waals surface area contributed by atoms with E-state index in [2.05, 4.69) is 116 Å². The van der Waals surface area contributed by atoms with E-state index in [4.69, 9.17) is 9.05 Å². The van der Waals surface area contributed by atoms with E-state index >= 15 is 0 Å². The molecule has 3 N–H and O–H groups in total. The van der Waals surface area contributed by atoms with Gasteiger partial charge in [0.2, 0.25) is 5.91 Å². The number of allylic oxidation sites excluding steroid dienone is 17. The standard InChI is InChI=1S/C77H139N2O6P/c1-6-8-10-12-14-16-18-20-22-24-26-28-30-32-34-36-38-39-41-43-45-47-49-51-53-55-57-59-61-63-65-67-69-71-77(81)78-75(74-85-86(82,83)84-73-72-79(3,4)5)76(80)70-68-66-64-62-60-58-56-54-52-50-48-46-44-42-40-37-35-33-31-29-27-25-23-21-19-17-15-13-11-9-7-2/h8,10,14,16,20,22,26,28,32,34,38-39,52,54,60,62,68,70,75-76,80H,6-7,9,11-13,15,17-19,21,23-25,27,29-31,33,35-37,40-51,53,55-59,61,63-67,69,71-74H2,1-5H3,(H-,78,81,82,83)/p+1/b10-8-,16-14-,22-20-,28-26-,34-32-,39-38-,54-52+,62-60+,70-68+. The second kappa shape index (κ2) is 66.6. The normalized spacial score (nSPS) is 14.3. The lowest BCUT2D eigenvalue weighted by molar-refractivity contribution is -0.870. The molecule has 0 saturated carbocycles. The van der Waals surface area contributed by atoms with E-state index in [-0.39, 0.29) is 19.1 Å². The van der Waals surface area contributed by atoms with E-state index in [1.54, 1.807) is 6.08 Å². The third-order valence-electron chi connectivity index (χ3n) is 16.0. The molecule has 9 heteroatoms. The highest BCUT2D eigenvalue weighted by Crippen LogP contribution is 2.43. The van der Waals surface area contributed by atoms with E-state index in [0.717, 1.165) is 83.5 Å². The predicted octanol–water partition coefficient (Wildman–Crippen LogP) is 23.4. The lowest BCUT2D eigenvalue weighted by atomic mass is 10.0. The van der Waals surface area contributed by atoms with Gasteiger partial charge >= 0.3 is 7.82 Å². The van der Waals surface area contributed by atoms with Crippen molar-refractivity contribution in [1.82, 2.24) is 5.32 Å². The van der Waals surface area contributed by atoms with Gasteiger partial charge in [0.15, 0.2) is 0 Å². The number of carbonyl (C=O) groups excluding carboxylic acids is 1. The molecule has 0 fully saturated rings. The molecule has 1 amide bonds. The minimum absolute atomic E-state index is 0.0496. The van der Waals surface area contributed by atoms with Gasteiger partial charge in [0, 0.05) is 6.42 Å². The van der Waals surface area contributed by atoms with Crippen LogP contribution in [0.25, 0.3) is 0 Å². The fourth-order valence-electron chi connectivity index (χ4n) is 10.4. The number of rotatable bonds is 66. The van der Waals surface area contributed by atoms with Gasteiger partial charge in [-0.05, 0) is 96.3 Å². The number of unbranched alkanes of at least 4 members (excludes halogenated alkanes) is 37. The summed E-state index contributed by atoms with van der Waals surface area (Å²) in [6.07, 6.45) is 98.2. The summed E-state index contributed by atoms with van der Waals surface area (Å²) in [4.78, 5) is 23.4. The molecule has 0 aromatic rings. The molecule has 0 aliphatic rings. The maximum atomic E-state index is 13.1. The van der Waals surface area contributed by atoms with Gasteiger partial charge in [-0.2, -0.15) is 0 Å². The number of phosphoric ester groups is 1. The van der Waals surface area contributed by atoms with Crippen LogP contribution in [0.1, 0.15) is 322 Å². The van der Waals surface area contributed by atoms with Crippen LogP contribution in [0.4, 0.5) is 0 Å². The van der Waals surface area contributed by atoms with Crippen LogP contribution >= 0.6 is 7.82 Å². The van der Waals surface area contributed by atoms with Crippen molar-refractivity contribution in [1.29, 1.82) is 0 Å². The van der Waals surface area contributed by atoms with Crippen molar-refractivity contribution < 1.29 is 32.9 Å². The summed E-state index contributed by atoms with van der Waals surface area (Å²) < 4.78 is 23.8. The lowest BCUT2D eigenvalue weighted by Crippen LogP contribution is -2.45. The number of amides is 1. The molecule has 0 aromatic heterocycles. The zero-order chi connectivity index (χ0) is 62.6. The number of quaternary nitrogens is 1. The van der Waals surface area contributed by atoms with E-state index in [1.807, 2.05) is 27.2 Å². The lowest BCUT2D eigenvalue weighted by Gasteiger charge is -2.25. The van der Waals surface area contributed by atoms with Crippen LogP contribution in [-0.2, 0) is 18.4 Å². The molecule has 8 nitrogen and oxygen atoms in total. The van der Waals surface area contributed by atoms with E-state index in [9.17, 15) is 19.4 Å². The highest BCUT2D eigenvalue weighted by atomic mass is 31.2. The highest BCUT2D eigenvalue weighted by molar-refractivity contribution is 7.47. The average Bonchev–Trinajstić information content (AvgIpc) is 3.70. The van der Waals surface area contributed by atoms with Crippen LogP contribution in [0, 0.1) is 0 Å². The maximum absolute atomic E-state index is 13.1. The first-order chi connectivity index (χ1) is 42.0. The Labute approximate surface area is 533 Å². The largest absolute Gasteiger partial charge is 0.472 e. The first-order valence-corrected chi connectivity index (χ1v) is 37.8. The van der Waals surface area contributed by atoms with E-state index < -0.39 is 20.0 Å². The van der Waals surface area contributed by atoms with Crippen molar-refractivity contribution >= 4 is 13.7 Å². The Morgan fingerprint density at radius 2 is 0.709 bits per heavy atom. The van der Waals surface area contributed by atoms with Crippen molar-refractivity contribution in [2.24, 2.45) is 0 Å². The van der Waals surface area contributed by atoms with Gasteiger partial charge in [0.25, 0.3) is 0 Å². The summed E-state index contributed by atoms with van der Waals surface area (Å²) in [6, 6.07) is -0.879. The molecule has 0 bridgehead atoms. The molecule has 0 spiro atoms. The molecular weight excluding hydrogens is 1080 g/mol. The van der Waals surface area contributed by atoms with Crippen molar-refractivity contribution in [3.8, 4) is 0 Å². The fraction of sp³-hybridized carbons (Fsp3) is 0.753. The number of hydrogen-bond donors (Lipinski definition) is 3. The Hall–Kier alpha value is -2.84. The number of nitrogens with zero attached hydrogens (tertiary/aromatic N) is 1. The van der Waals surface area contributed by atoms with Crippen LogP contribution in [0.2, 0.25) is 0 Å². The number of likely N-dealkylation sites (N-methyl/N-ethyl adjacent to an activating group) is 1. The molecule has 0 aromatic carbocycles. The summed E-state index contributed by atoms with van der Waals surface area (Å²) in [6.45, 7) is 4.70. The zero-order valence-corrected chi connectivity index (χ0v) is 57.9. The van der Waals surface area contributed by atoms with Gasteiger partial charge < -0.3 is 19.8 Å². The number of phosphoric acid groups is 1. The Morgan fingerprint density at radius 1 is 0.407 bits per heavy atom. The number of carbonyl (C=O) groups is 1. The molecule has 3 unspecified atom stereocenters. The highest BCUT2D eigenvalue weighted by Gasteiger charge is 2.28. The number of aliphatic hydroxyl groups excluding tert-OH is 1. The fourth-order valence-corrected chi connectivity index (χ4v) is 11.1. The Kier molecular flexibility index (Phi) is 64.4. The zero-order valence-electron chi connectivity index (χ0n) is 57.0. The Morgan fingerprint density at radius 3 is 1.07 bits per heavy atom. The molecule has 0 heterocycles. The molecule has 0 saturated heterocycles. The summed E-state index contributed by atoms with van der Waals surface area (Å²) in [7, 11) is 1.54. The van der Waals surface area contributed by atoms with Gasteiger partial charge in [0.05, 0.1) is 39.9 Å². The van der Waals surface area contributed by atoms with Gasteiger partial charge in [0.1, 0.15) is 13.2 Å². The van der Waals surface area contributed by atoms with Crippen LogP contribution in [0.15, 0.2) is 109 Å². The van der Waals surface area contributed by atoms with Gasteiger partial charge in [-0.1, -0.05) is 329 Å². The van der Waals surface area contributed by atoms with Crippen molar-refractivity contribution in [2.45, 2.75) is 334 Å². The third kappa shape index (κ3) is 68.6. The van der Waals surface area contributed by atoms with E-state index in [0.29, 0.717) is 17.4 Å². The second-order valence-electron chi connectivity index (χ2n) is 25.6. The van der Waals surface area contributed by atoms with Crippen LogP contribution in [0.5, 0.6) is 0 Å². The molecule has 0 radical (unpaired) electrons. The topological polar surface area (TPSA) is 105 Å². The van der Waals surface area contributed by atoms with Crippen LogP contribution in [-0.4, -0.2) is 73.4 Å². The summed E-state index contributed by atoms with van der Waals surface area (Å²) in [5, 5.41) is 14.0. The van der Waals surface area contributed by atoms with Gasteiger partial charge in [-0.15, -0.1) is 0 Å². The van der Waals surface area contributed by atoms with Crippen molar-refractivity contribution in [2.75, 3.05) is 40.9 Å². The quantitative estimate of drug-likeness (QED) is 0.0243. The monoisotopic (exact) mass is 1220 g/mol. The molecule has 86 heavy (non-hydrogen) atoms. The number of nitrogens with one attached hydrogen (secondary N) is 1. The minimum Gasteiger partial charge on any atom is -0.387 e. The van der Waals surface area contributed by atoms with Gasteiger partial charge in [-0.3, -0.25) is 13.8 Å². The second-order valence-corrected chi connectivity index (χ2v) is 27.0. The first kappa shape index (κ1) is 83.2. The van der Waals surface area contributed by atoms with Crippen LogP contribution < -0.4 is 5.32 Å². The Bertz CT molecular complexity index is 1770. The number of aliphatic hydroxyl groups is 1.